The highest BCUT2D eigenvalue weighted by atomic mass is 32.1. The number of rotatable bonds is 5. The van der Waals surface area contributed by atoms with Crippen molar-refractivity contribution >= 4 is 11.3 Å². The zero-order valence-corrected chi connectivity index (χ0v) is 9.85. The molecule has 0 bridgehead atoms. The summed E-state index contributed by atoms with van der Waals surface area (Å²) in [6, 6.07) is 0. The van der Waals surface area contributed by atoms with E-state index in [1.807, 2.05) is 17.5 Å². The average Bonchev–Trinajstić information content (AvgIpc) is 2.87. The number of hydrogen-bond donors (Lipinski definition) is 2. The molecule has 1 atom stereocenters. The predicted octanol–water partition coefficient (Wildman–Crippen LogP) is 1.19. The van der Waals surface area contributed by atoms with Crippen molar-refractivity contribution in [2.24, 2.45) is 11.7 Å². The molecule has 1 unspecified atom stereocenters. The molecular weight excluding hydrogens is 206 g/mol. The largest absolute Gasteiger partial charge is 0.330 e. The molecule has 1 fully saturated rings. The van der Waals surface area contributed by atoms with Gasteiger partial charge in [-0.15, -0.1) is 11.3 Å². The minimum Gasteiger partial charge on any atom is -0.330 e. The van der Waals surface area contributed by atoms with E-state index < -0.39 is 0 Å². The fourth-order valence-corrected chi connectivity index (χ4v) is 3.05. The third-order valence-electron chi connectivity index (χ3n) is 2.85. The molecule has 3 N–H and O–H groups in total. The van der Waals surface area contributed by atoms with Gasteiger partial charge in [-0.25, -0.2) is 4.98 Å². The van der Waals surface area contributed by atoms with E-state index in [4.69, 9.17) is 5.73 Å². The zero-order chi connectivity index (χ0) is 10.5. The molecule has 0 aliphatic carbocycles. The lowest BCUT2D eigenvalue weighted by atomic mass is 10.1. The van der Waals surface area contributed by atoms with Gasteiger partial charge in [-0.3, -0.25) is 0 Å². The normalized spacial score (nSPS) is 21.0. The molecule has 0 saturated carbocycles. The van der Waals surface area contributed by atoms with Crippen molar-refractivity contribution in [1.82, 2.24) is 10.3 Å². The summed E-state index contributed by atoms with van der Waals surface area (Å²) in [7, 11) is 0. The maximum Gasteiger partial charge on any atom is 0.0930 e. The molecule has 0 radical (unpaired) electrons. The first kappa shape index (κ1) is 11.0. The van der Waals surface area contributed by atoms with Crippen LogP contribution in [0.15, 0.2) is 6.20 Å². The van der Waals surface area contributed by atoms with E-state index in [2.05, 4.69) is 10.3 Å². The Morgan fingerprint density at radius 1 is 1.60 bits per heavy atom. The van der Waals surface area contributed by atoms with E-state index >= 15 is 0 Å². The molecule has 2 rings (SSSR count). The van der Waals surface area contributed by atoms with Crippen LogP contribution in [-0.2, 0) is 12.8 Å². The first-order valence-electron chi connectivity index (χ1n) is 5.73. The summed E-state index contributed by atoms with van der Waals surface area (Å²) in [4.78, 5) is 5.87. The second-order valence-electron chi connectivity index (χ2n) is 4.18. The van der Waals surface area contributed by atoms with Crippen LogP contribution in [0.4, 0.5) is 0 Å². The summed E-state index contributed by atoms with van der Waals surface area (Å²) >= 11 is 1.87. The number of aryl methyl sites for hydroxylation is 1. The van der Waals surface area contributed by atoms with Gasteiger partial charge < -0.3 is 11.1 Å². The van der Waals surface area contributed by atoms with E-state index in [-0.39, 0.29) is 0 Å². The van der Waals surface area contributed by atoms with Crippen LogP contribution in [0.2, 0.25) is 0 Å². The Labute approximate surface area is 95.1 Å². The van der Waals surface area contributed by atoms with Crippen molar-refractivity contribution in [2.45, 2.75) is 25.7 Å². The number of nitrogens with two attached hydrogens (primary N) is 1. The van der Waals surface area contributed by atoms with Gasteiger partial charge in [0.25, 0.3) is 0 Å². The third-order valence-corrected chi connectivity index (χ3v) is 3.93. The Kier molecular flexibility index (Phi) is 4.11. The second kappa shape index (κ2) is 5.58. The highest BCUT2D eigenvalue weighted by Crippen LogP contribution is 2.20. The summed E-state index contributed by atoms with van der Waals surface area (Å²) in [6.07, 6.45) is 6.65. The van der Waals surface area contributed by atoms with Gasteiger partial charge >= 0.3 is 0 Å². The van der Waals surface area contributed by atoms with Gasteiger partial charge in [-0.05, 0) is 44.8 Å². The first-order chi connectivity index (χ1) is 7.38. The van der Waals surface area contributed by atoms with Crippen LogP contribution < -0.4 is 11.1 Å². The van der Waals surface area contributed by atoms with Crippen LogP contribution in [0.25, 0.3) is 0 Å². The van der Waals surface area contributed by atoms with E-state index in [1.54, 1.807) is 0 Å². The minimum absolute atomic E-state index is 0.778. The molecule has 2 heterocycles. The van der Waals surface area contributed by atoms with Gasteiger partial charge in [-0.2, -0.15) is 0 Å². The Balaban J connectivity index is 1.83. The van der Waals surface area contributed by atoms with Crippen LogP contribution in [0.5, 0.6) is 0 Å². The quantitative estimate of drug-likeness (QED) is 0.791. The molecule has 3 nitrogen and oxygen atoms in total. The number of nitrogens with zero attached hydrogens (tertiary/aromatic N) is 1. The molecule has 1 aliphatic heterocycles. The number of hydrogen-bond acceptors (Lipinski definition) is 4. The fraction of sp³-hybridized carbons (Fsp3) is 0.727. The van der Waals surface area contributed by atoms with Crippen molar-refractivity contribution in [3.63, 3.8) is 0 Å². The molecule has 0 aromatic carbocycles. The van der Waals surface area contributed by atoms with Gasteiger partial charge in [0.2, 0.25) is 0 Å². The SMILES string of the molecule is NCCCc1cnc(CC2CCNC2)s1. The van der Waals surface area contributed by atoms with Crippen LogP contribution in [0.3, 0.4) is 0 Å². The number of nitrogens with one attached hydrogen (secondary N) is 1. The second-order valence-corrected chi connectivity index (χ2v) is 5.38. The van der Waals surface area contributed by atoms with Gasteiger partial charge in [-0.1, -0.05) is 0 Å². The Morgan fingerprint density at radius 3 is 3.27 bits per heavy atom. The maximum absolute atomic E-state index is 5.49. The topological polar surface area (TPSA) is 50.9 Å². The molecule has 1 aromatic heterocycles. The molecule has 1 saturated heterocycles. The van der Waals surface area contributed by atoms with Crippen LogP contribution >= 0.6 is 11.3 Å². The summed E-state index contributed by atoms with van der Waals surface area (Å²) in [5, 5.41) is 4.70. The molecule has 1 aliphatic rings. The van der Waals surface area contributed by atoms with Crippen molar-refractivity contribution < 1.29 is 0 Å². The van der Waals surface area contributed by atoms with Crippen molar-refractivity contribution in [2.75, 3.05) is 19.6 Å². The summed E-state index contributed by atoms with van der Waals surface area (Å²) < 4.78 is 0. The predicted molar refractivity (Wildman–Crippen MR) is 64.2 cm³/mol. The molecule has 0 amide bonds. The lowest BCUT2D eigenvalue weighted by molar-refractivity contribution is 0.578. The Bertz CT molecular complexity index is 292. The molecular formula is C11H19N3S. The average molecular weight is 225 g/mol. The van der Waals surface area contributed by atoms with E-state index in [0.717, 1.165) is 38.3 Å². The standard InChI is InChI=1S/C11H19N3S/c12-4-1-2-10-8-14-11(15-10)6-9-3-5-13-7-9/h8-9,13H,1-7,12H2. The molecule has 15 heavy (non-hydrogen) atoms. The van der Waals surface area contributed by atoms with Gasteiger partial charge in [0.15, 0.2) is 0 Å². The van der Waals surface area contributed by atoms with Gasteiger partial charge in [0.1, 0.15) is 0 Å². The molecule has 0 spiro atoms. The van der Waals surface area contributed by atoms with E-state index in [0.29, 0.717) is 0 Å². The summed E-state index contributed by atoms with van der Waals surface area (Å²) in [5.74, 6) is 0.804. The smallest absolute Gasteiger partial charge is 0.0930 e. The summed E-state index contributed by atoms with van der Waals surface area (Å²) in [6.45, 7) is 3.12. The minimum atomic E-state index is 0.778. The van der Waals surface area contributed by atoms with Gasteiger partial charge in [0, 0.05) is 17.5 Å². The van der Waals surface area contributed by atoms with Gasteiger partial charge in [0.05, 0.1) is 5.01 Å². The number of thiazole rings is 1. The van der Waals surface area contributed by atoms with Crippen molar-refractivity contribution in [1.29, 1.82) is 0 Å². The monoisotopic (exact) mass is 225 g/mol. The Morgan fingerprint density at radius 2 is 2.53 bits per heavy atom. The first-order valence-corrected chi connectivity index (χ1v) is 6.54. The van der Waals surface area contributed by atoms with Crippen LogP contribution in [0.1, 0.15) is 22.7 Å². The lowest BCUT2D eigenvalue weighted by Crippen LogP contribution is -2.10. The van der Waals surface area contributed by atoms with Crippen LogP contribution in [-0.4, -0.2) is 24.6 Å². The van der Waals surface area contributed by atoms with Crippen molar-refractivity contribution in [3.05, 3.63) is 16.1 Å². The molecule has 4 heteroatoms. The molecule has 84 valence electrons. The molecule has 1 aromatic rings. The van der Waals surface area contributed by atoms with Crippen LogP contribution in [0, 0.1) is 5.92 Å². The maximum atomic E-state index is 5.49. The van der Waals surface area contributed by atoms with E-state index in [1.165, 1.54) is 22.9 Å². The Hall–Kier alpha value is -0.450. The highest BCUT2D eigenvalue weighted by molar-refractivity contribution is 7.11. The lowest BCUT2D eigenvalue weighted by Gasteiger charge is -2.03. The third kappa shape index (κ3) is 3.26. The zero-order valence-electron chi connectivity index (χ0n) is 9.04. The van der Waals surface area contributed by atoms with Crippen molar-refractivity contribution in [3.8, 4) is 0 Å². The summed E-state index contributed by atoms with van der Waals surface area (Å²) in [5.41, 5.74) is 5.49. The highest BCUT2D eigenvalue weighted by Gasteiger charge is 2.16. The fourth-order valence-electron chi connectivity index (χ4n) is 1.97. The number of aromatic nitrogens is 1. The van der Waals surface area contributed by atoms with E-state index in [9.17, 15) is 0 Å².